The van der Waals surface area contributed by atoms with Crippen molar-refractivity contribution in [1.29, 1.82) is 0 Å². The first-order valence-electron chi connectivity index (χ1n) is 0.941. The Bertz CT molecular complexity index is 26.5. The average Bonchev–Trinajstić information content (AvgIpc) is 1.25. The summed E-state index contributed by atoms with van der Waals surface area (Å²) in [5.41, 5.74) is 0. The first-order chi connectivity index (χ1) is 3.46. The summed E-state index contributed by atoms with van der Waals surface area (Å²) in [6.07, 6.45) is 0. The minimum Gasteiger partial charge on any atom is -0.357 e. The van der Waals surface area contributed by atoms with E-state index in [0.717, 1.165) is 0 Å². The third-order valence-corrected chi connectivity index (χ3v) is 0. The molecule has 0 unspecified atom stereocenters. The second kappa shape index (κ2) is 11.7. The van der Waals surface area contributed by atoms with Gasteiger partial charge in [0.15, 0.2) is 0 Å². The Labute approximate surface area is 68.7 Å². The van der Waals surface area contributed by atoms with E-state index in [1.54, 1.807) is 0 Å². The van der Waals surface area contributed by atoms with Crippen LogP contribution in [-0.4, -0.2) is 4.66 Å². The van der Waals surface area contributed by atoms with Crippen LogP contribution in [0.2, 0.25) is 0 Å². The number of hydrogen-bond donors (Lipinski definition) is 1. The molecule has 0 aromatic rings. The number of hydrogen-bond acceptors (Lipinski definition) is 6. The van der Waals surface area contributed by atoms with Crippen LogP contribution in [0.3, 0.4) is 0 Å². The van der Waals surface area contributed by atoms with E-state index in [2.05, 4.69) is 0 Å². The van der Waals surface area contributed by atoms with Crippen molar-refractivity contribution in [2.24, 2.45) is 0 Å². The third-order valence-electron chi connectivity index (χ3n) is 0. The van der Waals surface area contributed by atoms with Crippen molar-refractivity contribution in [3.05, 3.63) is 0 Å². The van der Waals surface area contributed by atoms with E-state index in [9.17, 15) is 0 Å². The molecular weight excluding hydrogens is 174 g/mol. The SMILES string of the molecule is [Li+].[O-][Cl+2]([O-])O.[O-][Cl+2]([O-])[O-]. The Morgan fingerprint density at radius 2 is 0.889 bits per heavy atom. The average molecular weight is 175 g/mol. The Balaban J connectivity index is -0.0000000720. The molecule has 0 saturated heterocycles. The Morgan fingerprint density at radius 1 is 0.889 bits per heavy atom. The van der Waals surface area contributed by atoms with Gasteiger partial charge in [-0.2, -0.15) is 0 Å². The molecular formula is HCl2LiO6. The molecule has 0 spiro atoms. The van der Waals surface area contributed by atoms with Crippen LogP contribution in [0.4, 0.5) is 0 Å². The topological polar surface area (TPSA) is 136 Å². The van der Waals surface area contributed by atoms with Gasteiger partial charge in [-0.1, -0.05) is 0 Å². The van der Waals surface area contributed by atoms with E-state index in [1.165, 1.54) is 0 Å². The fraction of sp³-hybridized carbons (Fsp3) is 0. The largest absolute Gasteiger partial charge is 1.00 e. The standard InChI is InChI=1S/ClHO3.ClO3.Li/c2*2-1(3)4;/h2H;;/q;-1;+1. The summed E-state index contributed by atoms with van der Waals surface area (Å²) >= 11 is 0. The second-order valence-electron chi connectivity index (χ2n) is 0.390. The zero-order chi connectivity index (χ0) is 7.15. The molecule has 0 aliphatic rings. The van der Waals surface area contributed by atoms with Gasteiger partial charge in [-0.25, -0.2) is 0 Å². The summed E-state index contributed by atoms with van der Waals surface area (Å²) < 4.78 is 49.2. The summed E-state index contributed by atoms with van der Waals surface area (Å²) in [5.74, 6) is 0. The molecule has 0 aromatic heterocycles. The first-order valence-corrected chi connectivity index (χ1v) is 2.82. The van der Waals surface area contributed by atoms with Crippen molar-refractivity contribution < 1.29 is 68.4 Å². The maximum atomic E-state index is 8.52. The summed E-state index contributed by atoms with van der Waals surface area (Å²) in [5, 5.41) is 0. The van der Waals surface area contributed by atoms with E-state index in [4.69, 9.17) is 28.0 Å². The first kappa shape index (κ1) is 16.5. The van der Waals surface area contributed by atoms with Gasteiger partial charge in [-0.3, -0.25) is 0 Å². The summed E-state index contributed by atoms with van der Waals surface area (Å²) in [7, 11) is -5.45. The van der Waals surface area contributed by atoms with Gasteiger partial charge in [0.05, 0.1) is 10.8 Å². The normalized spacial score (nSPS) is 8.00. The summed E-state index contributed by atoms with van der Waals surface area (Å²) in [6.45, 7) is 0. The fourth-order valence-electron chi connectivity index (χ4n) is 0. The number of halogens is 2. The van der Waals surface area contributed by atoms with Gasteiger partial charge in [0.1, 0.15) is 0 Å². The molecule has 0 radical (unpaired) electrons. The van der Waals surface area contributed by atoms with Gasteiger partial charge in [0, 0.05) is 4.66 Å². The molecule has 1 N–H and O–H groups in total. The van der Waals surface area contributed by atoms with Crippen molar-refractivity contribution in [1.82, 2.24) is 0 Å². The number of rotatable bonds is 0. The molecule has 0 amide bonds. The van der Waals surface area contributed by atoms with Crippen LogP contribution in [0, 0.1) is 21.6 Å². The van der Waals surface area contributed by atoms with Gasteiger partial charge in [-0.05, 0) is 0 Å². The Hall–Kier alpha value is 0.937. The van der Waals surface area contributed by atoms with Crippen molar-refractivity contribution in [3.63, 3.8) is 0 Å². The molecule has 0 bridgehead atoms. The zero-order valence-corrected chi connectivity index (χ0v) is 5.76. The van der Waals surface area contributed by atoms with Gasteiger partial charge in [0.2, 0.25) is 0 Å². The zero-order valence-electron chi connectivity index (χ0n) is 4.24. The third kappa shape index (κ3) is 490. The molecule has 0 heterocycles. The molecule has 6 nitrogen and oxygen atoms in total. The van der Waals surface area contributed by atoms with Crippen molar-refractivity contribution in [3.8, 4) is 0 Å². The molecule has 0 rings (SSSR count). The Kier molecular flexibility index (Phi) is 21.4. The summed E-state index contributed by atoms with van der Waals surface area (Å²) in [6, 6.07) is 0. The van der Waals surface area contributed by atoms with Crippen LogP contribution in [0.1, 0.15) is 0 Å². The van der Waals surface area contributed by atoms with E-state index in [0.29, 0.717) is 0 Å². The molecule has 0 aliphatic heterocycles. The minimum absolute atomic E-state index is 0. The maximum Gasteiger partial charge on any atom is 1.00 e. The molecule has 0 saturated carbocycles. The van der Waals surface area contributed by atoms with Crippen LogP contribution in [0.5, 0.6) is 0 Å². The van der Waals surface area contributed by atoms with Crippen LogP contribution < -0.4 is 42.2 Å². The fourth-order valence-corrected chi connectivity index (χ4v) is 0. The molecule has 9 heteroatoms. The van der Waals surface area contributed by atoms with Gasteiger partial charge < -0.3 is 23.3 Å². The van der Waals surface area contributed by atoms with Crippen molar-refractivity contribution in [2.75, 3.05) is 0 Å². The molecule has 52 valence electrons. The molecule has 9 heavy (non-hydrogen) atoms. The van der Waals surface area contributed by atoms with Gasteiger partial charge in [-0.15, -0.1) is 0 Å². The Morgan fingerprint density at radius 3 is 0.889 bits per heavy atom. The van der Waals surface area contributed by atoms with Crippen molar-refractivity contribution in [2.45, 2.75) is 0 Å². The van der Waals surface area contributed by atoms with Crippen LogP contribution in [-0.2, 0) is 0 Å². The van der Waals surface area contributed by atoms with E-state index < -0.39 is 21.6 Å². The maximum absolute atomic E-state index is 8.52. The predicted molar refractivity (Wildman–Crippen MR) is 2.22 cm³/mol. The van der Waals surface area contributed by atoms with Gasteiger partial charge >= 0.3 is 18.9 Å². The van der Waals surface area contributed by atoms with Crippen molar-refractivity contribution >= 4 is 0 Å². The second-order valence-corrected chi connectivity index (χ2v) is 1.17. The van der Waals surface area contributed by atoms with Gasteiger partial charge in [0.25, 0.3) is 10.8 Å². The van der Waals surface area contributed by atoms with E-state index >= 15 is 0 Å². The molecule has 0 aliphatic carbocycles. The van der Waals surface area contributed by atoms with E-state index in [1.807, 2.05) is 0 Å². The minimum atomic E-state index is -2.85. The monoisotopic (exact) mass is 174 g/mol. The van der Waals surface area contributed by atoms with Crippen LogP contribution in [0.15, 0.2) is 0 Å². The quantitative estimate of drug-likeness (QED) is 0.363. The predicted octanol–water partition coefficient (Wildman–Crippen LogP) is -9.50. The summed E-state index contributed by atoms with van der Waals surface area (Å²) in [4.78, 5) is 0. The van der Waals surface area contributed by atoms with Crippen LogP contribution in [0.25, 0.3) is 0 Å². The molecule has 0 atom stereocenters. The smallest absolute Gasteiger partial charge is 0.357 e. The molecule has 0 fully saturated rings. The van der Waals surface area contributed by atoms with Crippen LogP contribution >= 0.6 is 0 Å². The molecule has 0 aromatic carbocycles. The van der Waals surface area contributed by atoms with E-state index in [-0.39, 0.29) is 18.9 Å².